The van der Waals surface area contributed by atoms with Gasteiger partial charge in [0.05, 0.1) is 22.3 Å². The molecule has 0 saturated heterocycles. The van der Waals surface area contributed by atoms with Gasteiger partial charge in [0.15, 0.2) is 17.1 Å². The average Bonchev–Trinajstić information content (AvgIpc) is 3.24. The zero-order valence-corrected chi connectivity index (χ0v) is 16.1. The third kappa shape index (κ3) is 3.72. The van der Waals surface area contributed by atoms with Crippen molar-refractivity contribution >= 4 is 38.4 Å². The Labute approximate surface area is 164 Å². The highest BCUT2D eigenvalue weighted by Crippen LogP contribution is 2.30. The lowest BCUT2D eigenvalue weighted by molar-refractivity contribution is 0.201. The molecule has 0 unspecified atom stereocenters. The molecule has 3 aromatic rings. The van der Waals surface area contributed by atoms with Gasteiger partial charge in [0.1, 0.15) is 4.90 Å². The van der Waals surface area contributed by atoms with E-state index < -0.39 is 21.6 Å². The van der Waals surface area contributed by atoms with E-state index in [1.807, 2.05) is 0 Å². The Kier molecular flexibility index (Phi) is 4.80. The molecule has 0 spiro atoms. The number of hydrogen-bond donors (Lipinski definition) is 2. The summed E-state index contributed by atoms with van der Waals surface area (Å²) in [5.41, 5.74) is 0.331. The second-order valence-electron chi connectivity index (χ2n) is 6.57. The van der Waals surface area contributed by atoms with Gasteiger partial charge in [-0.2, -0.15) is 0 Å². The number of ether oxygens (including phenoxy) is 1. The number of H-pyrrole nitrogens is 1. The molecule has 1 aliphatic carbocycles. The van der Waals surface area contributed by atoms with Gasteiger partial charge in [0.2, 0.25) is 0 Å². The highest BCUT2D eigenvalue weighted by atomic mass is 35.5. The monoisotopic (exact) mass is 426 g/mol. The fraction of sp³-hybridized carbons (Fsp3) is 0.278. The Morgan fingerprint density at radius 1 is 1.21 bits per heavy atom. The van der Waals surface area contributed by atoms with Crippen molar-refractivity contribution in [2.45, 2.75) is 36.7 Å². The van der Waals surface area contributed by atoms with Gasteiger partial charge in [-0.1, -0.05) is 11.6 Å². The summed E-state index contributed by atoms with van der Waals surface area (Å²) >= 11 is 6.04. The summed E-state index contributed by atoms with van der Waals surface area (Å²) in [6, 6.07) is 6.25. The molecule has 4 rings (SSSR count). The van der Waals surface area contributed by atoms with Crippen LogP contribution >= 0.6 is 11.6 Å². The lowest BCUT2D eigenvalue weighted by Gasteiger charge is -2.15. The average molecular weight is 427 g/mol. The van der Waals surface area contributed by atoms with Crippen LogP contribution in [0.25, 0.3) is 11.1 Å². The topological polar surface area (TPSA) is 101 Å². The second-order valence-corrected chi connectivity index (χ2v) is 8.63. The largest absolute Gasteiger partial charge is 0.487 e. The molecular weight excluding hydrogens is 411 g/mol. The van der Waals surface area contributed by atoms with Crippen LogP contribution in [0.4, 0.5) is 10.1 Å². The number of hydrogen-bond acceptors (Lipinski definition) is 5. The number of rotatable bonds is 5. The SMILES string of the molecule is O=c1[nH]c2cc(Cl)c(S(=O)(=O)Nc3ccc(OC4CCCC4)c(F)c3)cc2o1. The molecule has 0 atom stereocenters. The standard InChI is InChI=1S/C18H16ClFN2O5S/c19-12-8-14-16(27-18(23)21-14)9-17(12)28(24,25)22-10-5-6-15(13(20)7-10)26-11-3-1-2-4-11/h5-9,11,22H,1-4H2,(H,21,23). The Hall–Kier alpha value is -2.52. The van der Waals surface area contributed by atoms with E-state index in [9.17, 15) is 17.6 Å². The number of sulfonamides is 1. The van der Waals surface area contributed by atoms with Gasteiger partial charge < -0.3 is 9.15 Å². The van der Waals surface area contributed by atoms with E-state index in [1.54, 1.807) is 0 Å². The van der Waals surface area contributed by atoms with E-state index in [0.29, 0.717) is 0 Å². The molecule has 7 nitrogen and oxygen atoms in total. The predicted octanol–water partition coefficient (Wildman–Crippen LogP) is 4.04. The van der Waals surface area contributed by atoms with E-state index in [4.69, 9.17) is 20.8 Å². The van der Waals surface area contributed by atoms with Crippen LogP contribution in [0.5, 0.6) is 5.75 Å². The fourth-order valence-electron chi connectivity index (χ4n) is 3.21. The maximum absolute atomic E-state index is 14.3. The molecule has 0 amide bonds. The van der Waals surface area contributed by atoms with Gasteiger partial charge in [0.25, 0.3) is 10.0 Å². The Balaban J connectivity index is 1.60. The van der Waals surface area contributed by atoms with Gasteiger partial charge in [-0.25, -0.2) is 17.6 Å². The third-order valence-electron chi connectivity index (χ3n) is 4.54. The highest BCUT2D eigenvalue weighted by Gasteiger charge is 2.22. The maximum atomic E-state index is 14.3. The molecule has 2 aromatic carbocycles. The van der Waals surface area contributed by atoms with Crippen LogP contribution in [0.2, 0.25) is 5.02 Å². The number of halogens is 2. The van der Waals surface area contributed by atoms with E-state index in [-0.39, 0.29) is 38.6 Å². The summed E-state index contributed by atoms with van der Waals surface area (Å²) in [5.74, 6) is -1.30. The lowest BCUT2D eigenvalue weighted by atomic mass is 10.2. The Morgan fingerprint density at radius 3 is 2.68 bits per heavy atom. The first kappa shape index (κ1) is 18.8. The van der Waals surface area contributed by atoms with Crippen molar-refractivity contribution < 1.29 is 22.0 Å². The Morgan fingerprint density at radius 2 is 1.96 bits per heavy atom. The van der Waals surface area contributed by atoms with Crippen molar-refractivity contribution in [3.63, 3.8) is 0 Å². The van der Waals surface area contributed by atoms with Gasteiger partial charge >= 0.3 is 5.76 Å². The van der Waals surface area contributed by atoms with E-state index in [0.717, 1.165) is 37.8 Å². The van der Waals surface area contributed by atoms with E-state index in [1.165, 1.54) is 18.2 Å². The number of fused-ring (bicyclic) bond motifs is 1. The maximum Gasteiger partial charge on any atom is 0.417 e. The van der Waals surface area contributed by atoms with Crippen LogP contribution in [0, 0.1) is 5.82 Å². The molecule has 0 aliphatic heterocycles. The van der Waals surface area contributed by atoms with Crippen molar-refractivity contribution in [2.75, 3.05) is 4.72 Å². The third-order valence-corrected chi connectivity index (χ3v) is 6.39. The van der Waals surface area contributed by atoms with Crippen LogP contribution in [-0.2, 0) is 10.0 Å². The molecule has 1 heterocycles. The summed E-state index contributed by atoms with van der Waals surface area (Å²) in [6.07, 6.45) is 3.85. The lowest BCUT2D eigenvalue weighted by Crippen LogP contribution is -2.14. The Bertz CT molecular complexity index is 1200. The molecule has 1 aliphatic rings. The summed E-state index contributed by atoms with van der Waals surface area (Å²) < 4.78 is 52.4. The molecular formula is C18H16ClFN2O5S. The number of anilines is 1. The number of oxazole rings is 1. The molecule has 1 fully saturated rings. The second kappa shape index (κ2) is 7.14. The van der Waals surface area contributed by atoms with Crippen LogP contribution < -0.4 is 15.2 Å². The minimum absolute atomic E-state index is 0.0152. The first-order valence-corrected chi connectivity index (χ1v) is 10.5. The van der Waals surface area contributed by atoms with Crippen LogP contribution in [0.1, 0.15) is 25.7 Å². The number of aromatic amines is 1. The minimum atomic E-state index is -4.14. The molecule has 1 saturated carbocycles. The molecule has 1 aromatic heterocycles. The molecule has 0 bridgehead atoms. The summed E-state index contributed by atoms with van der Waals surface area (Å²) in [7, 11) is -4.14. The van der Waals surface area contributed by atoms with Gasteiger partial charge in [-0.05, 0) is 43.9 Å². The molecule has 28 heavy (non-hydrogen) atoms. The van der Waals surface area contributed by atoms with Gasteiger partial charge in [-0.15, -0.1) is 0 Å². The predicted molar refractivity (Wildman–Crippen MR) is 102 cm³/mol. The summed E-state index contributed by atoms with van der Waals surface area (Å²) in [6.45, 7) is 0. The smallest absolute Gasteiger partial charge is 0.417 e. The van der Waals surface area contributed by atoms with Crippen molar-refractivity contribution in [1.82, 2.24) is 4.98 Å². The van der Waals surface area contributed by atoms with E-state index in [2.05, 4.69) is 9.71 Å². The molecule has 0 radical (unpaired) electrons. The summed E-state index contributed by atoms with van der Waals surface area (Å²) in [4.78, 5) is 13.4. The molecule has 10 heteroatoms. The first-order valence-electron chi connectivity index (χ1n) is 8.63. The van der Waals surface area contributed by atoms with Gasteiger partial charge in [-0.3, -0.25) is 9.71 Å². The quantitative estimate of drug-likeness (QED) is 0.641. The number of aromatic nitrogens is 1. The van der Waals surface area contributed by atoms with Crippen molar-refractivity contribution in [1.29, 1.82) is 0 Å². The van der Waals surface area contributed by atoms with Crippen LogP contribution in [0.15, 0.2) is 44.4 Å². The highest BCUT2D eigenvalue weighted by molar-refractivity contribution is 7.92. The van der Waals surface area contributed by atoms with Gasteiger partial charge in [0, 0.05) is 12.1 Å². The van der Waals surface area contributed by atoms with Crippen molar-refractivity contribution in [3.8, 4) is 5.75 Å². The summed E-state index contributed by atoms with van der Waals surface area (Å²) in [5, 5.41) is -0.112. The van der Waals surface area contributed by atoms with E-state index >= 15 is 0 Å². The zero-order chi connectivity index (χ0) is 19.9. The molecule has 2 N–H and O–H groups in total. The van der Waals surface area contributed by atoms with Crippen molar-refractivity contribution in [2.24, 2.45) is 0 Å². The number of nitrogens with one attached hydrogen (secondary N) is 2. The molecule has 148 valence electrons. The number of benzene rings is 2. The first-order chi connectivity index (χ1) is 13.3. The minimum Gasteiger partial charge on any atom is -0.487 e. The normalized spacial score (nSPS) is 15.2. The zero-order valence-electron chi connectivity index (χ0n) is 14.5. The van der Waals surface area contributed by atoms with Crippen molar-refractivity contribution in [3.05, 3.63) is 51.7 Å². The van der Waals surface area contributed by atoms with Crippen LogP contribution in [0.3, 0.4) is 0 Å². The fourth-order valence-corrected chi connectivity index (χ4v) is 4.81. The van der Waals surface area contributed by atoms with Crippen LogP contribution in [-0.4, -0.2) is 19.5 Å².